The molecule has 1 aliphatic heterocycles. The molecule has 1 saturated heterocycles. The lowest BCUT2D eigenvalue weighted by Gasteiger charge is -2.32. The predicted octanol–water partition coefficient (Wildman–Crippen LogP) is 3.60. The number of ether oxygens (including phenoxy) is 3. The molecule has 1 amide bonds. The first-order valence-corrected chi connectivity index (χ1v) is 12.4. The Balaban J connectivity index is 1.30. The minimum Gasteiger partial charge on any atom is -0.490 e. The molecule has 5 rings (SSSR count). The van der Waals surface area contributed by atoms with E-state index in [2.05, 4.69) is 20.3 Å². The van der Waals surface area contributed by atoms with Crippen LogP contribution < -0.4 is 14.8 Å². The van der Waals surface area contributed by atoms with Crippen LogP contribution in [0.4, 0.5) is 11.5 Å². The first kappa shape index (κ1) is 25.7. The summed E-state index contributed by atoms with van der Waals surface area (Å²) >= 11 is 6.49. The van der Waals surface area contributed by atoms with Crippen LogP contribution in [0.3, 0.4) is 0 Å². The fraction of sp³-hybridized carbons (Fsp3) is 0.259. The maximum Gasteiger partial charge on any atom is 0.248 e. The highest BCUT2D eigenvalue weighted by Crippen LogP contribution is 2.34. The van der Waals surface area contributed by atoms with Gasteiger partial charge in [0.1, 0.15) is 49.6 Å². The number of aliphatic hydroxyl groups is 1. The number of hydrogen-bond donors (Lipinski definition) is 2. The number of aliphatic hydroxyl groups excluding tert-OH is 1. The summed E-state index contributed by atoms with van der Waals surface area (Å²) in [6.07, 6.45) is 2.86. The molecule has 11 heteroatoms. The van der Waals surface area contributed by atoms with Gasteiger partial charge in [0.05, 0.1) is 34.8 Å². The summed E-state index contributed by atoms with van der Waals surface area (Å²) in [6, 6.07) is 16.6. The number of fused-ring (bicyclic) bond motifs is 1. The van der Waals surface area contributed by atoms with Gasteiger partial charge in [-0.3, -0.25) is 9.78 Å². The van der Waals surface area contributed by atoms with Crippen LogP contribution in [0.5, 0.6) is 11.5 Å². The van der Waals surface area contributed by atoms with E-state index in [1.54, 1.807) is 23.2 Å². The second-order valence-corrected chi connectivity index (χ2v) is 8.96. The van der Waals surface area contributed by atoms with Gasteiger partial charge in [0.2, 0.25) is 5.91 Å². The number of pyridine rings is 1. The average Bonchev–Trinajstić information content (AvgIpc) is 2.96. The SMILES string of the molecule is O=C(CO)N1CCO[C@@H](COc2cccc3ncnc(Nc4ccc(OCc5ccccn5)c(Cl)c4)c23)C1. The van der Waals surface area contributed by atoms with E-state index in [-0.39, 0.29) is 18.6 Å². The molecule has 1 aliphatic rings. The number of carbonyl (C=O) groups is 1. The van der Waals surface area contributed by atoms with Crippen molar-refractivity contribution in [3.8, 4) is 11.5 Å². The molecular weight excluding hydrogens is 510 g/mol. The number of benzene rings is 2. The zero-order valence-corrected chi connectivity index (χ0v) is 21.2. The van der Waals surface area contributed by atoms with Crippen molar-refractivity contribution >= 4 is 39.9 Å². The maximum absolute atomic E-state index is 11.9. The highest BCUT2D eigenvalue weighted by molar-refractivity contribution is 6.32. The van der Waals surface area contributed by atoms with Crippen molar-refractivity contribution in [1.82, 2.24) is 19.9 Å². The van der Waals surface area contributed by atoms with Crippen LogP contribution in [0.2, 0.25) is 5.02 Å². The topological polar surface area (TPSA) is 119 Å². The highest BCUT2D eigenvalue weighted by Gasteiger charge is 2.24. The quantitative estimate of drug-likeness (QED) is 0.331. The molecule has 2 N–H and O–H groups in total. The highest BCUT2D eigenvalue weighted by atomic mass is 35.5. The van der Waals surface area contributed by atoms with Gasteiger partial charge in [0, 0.05) is 18.4 Å². The fourth-order valence-corrected chi connectivity index (χ4v) is 4.33. The molecule has 38 heavy (non-hydrogen) atoms. The lowest BCUT2D eigenvalue weighted by Crippen LogP contribution is -2.48. The van der Waals surface area contributed by atoms with Gasteiger partial charge in [-0.15, -0.1) is 0 Å². The molecule has 196 valence electrons. The van der Waals surface area contributed by atoms with Crippen LogP contribution >= 0.6 is 11.6 Å². The van der Waals surface area contributed by atoms with Crippen molar-refractivity contribution in [2.45, 2.75) is 12.7 Å². The van der Waals surface area contributed by atoms with Gasteiger partial charge >= 0.3 is 0 Å². The summed E-state index contributed by atoms with van der Waals surface area (Å²) in [5.74, 6) is 1.34. The van der Waals surface area contributed by atoms with Crippen molar-refractivity contribution in [3.63, 3.8) is 0 Å². The minimum absolute atomic E-state index is 0.219. The third-order valence-electron chi connectivity index (χ3n) is 5.97. The van der Waals surface area contributed by atoms with Crippen LogP contribution in [0.15, 0.2) is 67.1 Å². The van der Waals surface area contributed by atoms with Crippen molar-refractivity contribution in [2.24, 2.45) is 0 Å². The van der Waals surface area contributed by atoms with Gasteiger partial charge in [-0.05, 0) is 42.5 Å². The molecule has 4 aromatic rings. The monoisotopic (exact) mass is 535 g/mol. The Labute approximate surface area is 224 Å². The predicted molar refractivity (Wildman–Crippen MR) is 142 cm³/mol. The summed E-state index contributed by atoms with van der Waals surface area (Å²) in [5.41, 5.74) is 2.21. The maximum atomic E-state index is 11.9. The fourth-order valence-electron chi connectivity index (χ4n) is 4.09. The van der Waals surface area contributed by atoms with Crippen LogP contribution in [0.25, 0.3) is 10.9 Å². The van der Waals surface area contributed by atoms with E-state index in [4.69, 9.17) is 30.9 Å². The van der Waals surface area contributed by atoms with E-state index in [0.29, 0.717) is 65.2 Å². The lowest BCUT2D eigenvalue weighted by molar-refractivity contribution is -0.142. The average molecular weight is 536 g/mol. The third kappa shape index (κ3) is 6.10. The standard InChI is InChI=1S/C27H26ClN5O5/c28-21-12-18(7-8-23(21)37-15-19-4-1-2-9-29-19)32-27-26-22(30-17-31-27)5-3-6-24(26)38-16-20-13-33(10-11-36-20)25(35)14-34/h1-9,12,17,20,34H,10-11,13-16H2,(H,30,31,32)/t20-/m1/s1. The van der Waals surface area contributed by atoms with Crippen molar-refractivity contribution in [2.75, 3.05) is 38.2 Å². The molecule has 3 heterocycles. The van der Waals surface area contributed by atoms with Gasteiger partial charge in [-0.25, -0.2) is 9.97 Å². The van der Waals surface area contributed by atoms with Crippen LogP contribution in [0, 0.1) is 0 Å². The molecule has 0 spiro atoms. The molecule has 0 aliphatic carbocycles. The Morgan fingerprint density at radius 2 is 2.03 bits per heavy atom. The van der Waals surface area contributed by atoms with Gasteiger partial charge in [-0.1, -0.05) is 23.7 Å². The summed E-state index contributed by atoms with van der Waals surface area (Å²) in [7, 11) is 0. The Bertz CT molecular complexity index is 1400. The molecule has 0 unspecified atom stereocenters. The Morgan fingerprint density at radius 1 is 1.11 bits per heavy atom. The summed E-state index contributed by atoms with van der Waals surface area (Å²) < 4.78 is 17.7. The van der Waals surface area contributed by atoms with Gasteiger partial charge in [0.25, 0.3) is 0 Å². The van der Waals surface area contributed by atoms with E-state index >= 15 is 0 Å². The van der Waals surface area contributed by atoms with Crippen molar-refractivity contribution < 1.29 is 24.1 Å². The number of halogens is 1. The molecule has 0 radical (unpaired) electrons. The first-order valence-electron chi connectivity index (χ1n) is 12.1. The van der Waals surface area contributed by atoms with Gasteiger partial charge in [0.15, 0.2) is 0 Å². The Hall–Kier alpha value is -3.99. The van der Waals surface area contributed by atoms with E-state index < -0.39 is 6.61 Å². The number of aromatic nitrogens is 3. The molecule has 1 atom stereocenters. The number of rotatable bonds is 9. The number of amides is 1. The molecule has 2 aromatic carbocycles. The molecule has 0 bridgehead atoms. The number of anilines is 2. The molecule has 2 aromatic heterocycles. The van der Waals surface area contributed by atoms with Gasteiger partial charge in [-0.2, -0.15) is 0 Å². The largest absolute Gasteiger partial charge is 0.490 e. The smallest absolute Gasteiger partial charge is 0.248 e. The zero-order chi connectivity index (χ0) is 26.3. The summed E-state index contributed by atoms with van der Waals surface area (Å²) in [4.78, 5) is 26.5. The number of morpholine rings is 1. The molecule has 10 nitrogen and oxygen atoms in total. The van der Waals surface area contributed by atoms with Crippen LogP contribution in [-0.4, -0.2) is 69.9 Å². The van der Waals surface area contributed by atoms with Crippen LogP contribution in [-0.2, 0) is 16.1 Å². The third-order valence-corrected chi connectivity index (χ3v) is 6.27. The number of nitrogens with zero attached hydrogens (tertiary/aromatic N) is 4. The summed E-state index contributed by atoms with van der Waals surface area (Å²) in [6.45, 7) is 1.18. The lowest BCUT2D eigenvalue weighted by atomic mass is 10.2. The molecule has 0 saturated carbocycles. The zero-order valence-electron chi connectivity index (χ0n) is 20.4. The molecule has 1 fully saturated rings. The van der Waals surface area contributed by atoms with E-state index in [1.165, 1.54) is 6.33 Å². The second-order valence-electron chi connectivity index (χ2n) is 8.55. The number of nitrogens with one attached hydrogen (secondary N) is 1. The van der Waals surface area contributed by atoms with Crippen LogP contribution in [0.1, 0.15) is 5.69 Å². The van der Waals surface area contributed by atoms with Gasteiger partial charge < -0.3 is 29.5 Å². The summed E-state index contributed by atoms with van der Waals surface area (Å²) in [5, 5.41) is 13.6. The van der Waals surface area contributed by atoms with E-state index in [1.807, 2.05) is 42.5 Å². The van der Waals surface area contributed by atoms with E-state index in [9.17, 15) is 4.79 Å². The number of carbonyl (C=O) groups excluding carboxylic acids is 1. The molecular formula is C27H26ClN5O5. The van der Waals surface area contributed by atoms with E-state index in [0.717, 1.165) is 5.69 Å². The second kappa shape index (κ2) is 12.0. The normalized spacial score (nSPS) is 15.3. The Kier molecular flexibility index (Phi) is 8.12. The van der Waals surface area contributed by atoms with Crippen molar-refractivity contribution in [1.29, 1.82) is 0 Å². The Morgan fingerprint density at radius 3 is 2.84 bits per heavy atom. The van der Waals surface area contributed by atoms with Crippen molar-refractivity contribution in [3.05, 3.63) is 77.8 Å². The first-order chi connectivity index (χ1) is 18.6. The number of hydrogen-bond acceptors (Lipinski definition) is 9. The minimum atomic E-state index is -0.523.